The Morgan fingerprint density at radius 2 is 1.94 bits per heavy atom. The van der Waals surface area contributed by atoms with Crippen LogP contribution < -0.4 is 5.32 Å². The lowest BCUT2D eigenvalue weighted by molar-refractivity contribution is 0.289. The number of aryl methyl sites for hydroxylation is 1. The van der Waals surface area contributed by atoms with Crippen LogP contribution in [0.3, 0.4) is 0 Å². The van der Waals surface area contributed by atoms with E-state index in [1.807, 2.05) is 12.1 Å². The number of nitrogens with one attached hydrogen (secondary N) is 1. The average molecular weight is 236 g/mol. The van der Waals surface area contributed by atoms with Crippen LogP contribution in [0.2, 0.25) is 0 Å². The third-order valence-corrected chi connectivity index (χ3v) is 3.29. The van der Waals surface area contributed by atoms with Gasteiger partial charge in [0.25, 0.3) is 0 Å². The Kier molecular flexibility index (Phi) is 4.95. The molecule has 0 amide bonds. The summed E-state index contributed by atoms with van der Waals surface area (Å²) in [6.07, 6.45) is 3.45. The fourth-order valence-electron chi connectivity index (χ4n) is 2.28. The first-order valence-electron chi connectivity index (χ1n) is 6.52. The summed E-state index contributed by atoms with van der Waals surface area (Å²) in [7, 11) is 0. The Morgan fingerprint density at radius 3 is 2.76 bits per heavy atom. The molecule has 1 aromatic carbocycles. The second kappa shape index (κ2) is 6.72. The van der Waals surface area contributed by atoms with Crippen molar-refractivity contribution in [2.45, 2.75) is 19.3 Å². The molecule has 2 rings (SSSR count). The van der Waals surface area contributed by atoms with Gasteiger partial charge in [0.2, 0.25) is 0 Å². The van der Waals surface area contributed by atoms with Gasteiger partial charge in [-0.05, 0) is 56.6 Å². The zero-order valence-corrected chi connectivity index (χ0v) is 10.3. The van der Waals surface area contributed by atoms with E-state index >= 15 is 0 Å². The van der Waals surface area contributed by atoms with Gasteiger partial charge in [0.1, 0.15) is 5.82 Å². The van der Waals surface area contributed by atoms with Crippen molar-refractivity contribution in [3.8, 4) is 0 Å². The maximum atomic E-state index is 12.7. The van der Waals surface area contributed by atoms with Crippen LogP contribution in [0.1, 0.15) is 18.4 Å². The molecule has 2 nitrogen and oxygen atoms in total. The summed E-state index contributed by atoms with van der Waals surface area (Å²) in [4.78, 5) is 2.52. The third kappa shape index (κ3) is 4.44. The first-order chi connectivity index (χ1) is 8.34. The Labute approximate surface area is 103 Å². The highest BCUT2D eigenvalue weighted by Gasteiger charge is 2.07. The van der Waals surface area contributed by atoms with Crippen LogP contribution >= 0.6 is 0 Å². The number of rotatable bonds is 4. The fraction of sp³-hybridized carbons (Fsp3) is 0.571. The monoisotopic (exact) mass is 236 g/mol. The lowest BCUT2D eigenvalue weighted by Crippen LogP contribution is -2.29. The smallest absolute Gasteiger partial charge is 0.123 e. The summed E-state index contributed by atoms with van der Waals surface area (Å²) in [6, 6.07) is 6.87. The van der Waals surface area contributed by atoms with E-state index in [1.165, 1.54) is 18.5 Å². The number of hydrogen-bond acceptors (Lipinski definition) is 2. The second-order valence-corrected chi connectivity index (χ2v) is 4.68. The topological polar surface area (TPSA) is 15.3 Å². The van der Waals surface area contributed by atoms with Crippen LogP contribution in [0.5, 0.6) is 0 Å². The molecule has 0 atom stereocenters. The van der Waals surface area contributed by atoms with Gasteiger partial charge in [-0.2, -0.15) is 0 Å². The SMILES string of the molecule is Fc1ccc(CCCN2CCCNCC2)cc1. The van der Waals surface area contributed by atoms with Gasteiger partial charge in [-0.1, -0.05) is 12.1 Å². The molecule has 1 aliphatic rings. The van der Waals surface area contributed by atoms with Gasteiger partial charge in [0.15, 0.2) is 0 Å². The van der Waals surface area contributed by atoms with Crippen molar-refractivity contribution >= 4 is 0 Å². The largest absolute Gasteiger partial charge is 0.315 e. The first kappa shape index (κ1) is 12.5. The molecule has 0 aromatic heterocycles. The summed E-state index contributed by atoms with van der Waals surface area (Å²) in [5.74, 6) is -0.146. The summed E-state index contributed by atoms with van der Waals surface area (Å²) >= 11 is 0. The molecule has 1 saturated heterocycles. The van der Waals surface area contributed by atoms with Gasteiger partial charge in [0, 0.05) is 13.1 Å². The highest BCUT2D eigenvalue weighted by molar-refractivity contribution is 5.15. The Hall–Kier alpha value is -0.930. The third-order valence-electron chi connectivity index (χ3n) is 3.29. The van der Waals surface area contributed by atoms with Crippen molar-refractivity contribution < 1.29 is 4.39 Å². The first-order valence-corrected chi connectivity index (χ1v) is 6.52. The van der Waals surface area contributed by atoms with Crippen molar-refractivity contribution in [1.82, 2.24) is 10.2 Å². The molecule has 94 valence electrons. The summed E-state index contributed by atoms with van der Waals surface area (Å²) in [5, 5.41) is 3.41. The number of hydrogen-bond donors (Lipinski definition) is 1. The molecule has 0 bridgehead atoms. The number of nitrogens with zero attached hydrogens (tertiary/aromatic N) is 1. The molecule has 0 radical (unpaired) electrons. The molecule has 1 N–H and O–H groups in total. The Bertz CT molecular complexity index is 315. The predicted molar refractivity (Wildman–Crippen MR) is 68.6 cm³/mol. The fourth-order valence-corrected chi connectivity index (χ4v) is 2.28. The molecule has 3 heteroatoms. The number of halogens is 1. The standard InChI is InChI=1S/C14H21FN2/c15-14-6-4-13(5-7-14)3-1-10-17-11-2-8-16-9-12-17/h4-7,16H,1-3,8-12H2. The second-order valence-electron chi connectivity index (χ2n) is 4.68. The molecule has 0 aliphatic carbocycles. The molecule has 1 fully saturated rings. The lowest BCUT2D eigenvalue weighted by atomic mass is 10.1. The van der Waals surface area contributed by atoms with E-state index in [9.17, 15) is 4.39 Å². The van der Waals surface area contributed by atoms with Crippen LogP contribution in [0, 0.1) is 5.82 Å². The Balaban J connectivity index is 1.69. The van der Waals surface area contributed by atoms with Gasteiger partial charge in [-0.15, -0.1) is 0 Å². The molecule has 1 heterocycles. The van der Waals surface area contributed by atoms with E-state index in [-0.39, 0.29) is 5.82 Å². The molecular weight excluding hydrogens is 215 g/mol. The van der Waals surface area contributed by atoms with E-state index in [2.05, 4.69) is 10.2 Å². The van der Waals surface area contributed by atoms with Crippen molar-refractivity contribution in [3.63, 3.8) is 0 Å². The highest BCUT2D eigenvalue weighted by Crippen LogP contribution is 2.06. The van der Waals surface area contributed by atoms with E-state index in [0.717, 1.165) is 39.0 Å². The predicted octanol–water partition coefficient (Wildman–Crippen LogP) is 2.05. The van der Waals surface area contributed by atoms with Crippen LogP contribution in [0.4, 0.5) is 4.39 Å². The minimum Gasteiger partial charge on any atom is -0.315 e. The lowest BCUT2D eigenvalue weighted by Gasteiger charge is -2.19. The van der Waals surface area contributed by atoms with Crippen LogP contribution in [-0.2, 0) is 6.42 Å². The highest BCUT2D eigenvalue weighted by atomic mass is 19.1. The Morgan fingerprint density at radius 1 is 1.12 bits per heavy atom. The molecule has 1 aromatic rings. The van der Waals surface area contributed by atoms with Gasteiger partial charge >= 0.3 is 0 Å². The van der Waals surface area contributed by atoms with Crippen molar-refractivity contribution in [1.29, 1.82) is 0 Å². The van der Waals surface area contributed by atoms with E-state index in [0.29, 0.717) is 0 Å². The molecular formula is C14H21FN2. The van der Waals surface area contributed by atoms with Gasteiger partial charge in [-0.25, -0.2) is 4.39 Å². The van der Waals surface area contributed by atoms with Crippen molar-refractivity contribution in [2.75, 3.05) is 32.7 Å². The van der Waals surface area contributed by atoms with E-state index in [4.69, 9.17) is 0 Å². The molecule has 1 aliphatic heterocycles. The minimum atomic E-state index is -0.146. The van der Waals surface area contributed by atoms with Crippen LogP contribution in [0.15, 0.2) is 24.3 Å². The molecule has 0 unspecified atom stereocenters. The minimum absolute atomic E-state index is 0.146. The molecule has 17 heavy (non-hydrogen) atoms. The zero-order chi connectivity index (χ0) is 11.9. The summed E-state index contributed by atoms with van der Waals surface area (Å²) in [5.41, 5.74) is 1.24. The summed E-state index contributed by atoms with van der Waals surface area (Å²) < 4.78 is 12.7. The summed E-state index contributed by atoms with van der Waals surface area (Å²) in [6.45, 7) is 5.77. The van der Waals surface area contributed by atoms with Gasteiger partial charge < -0.3 is 10.2 Å². The molecule has 0 spiro atoms. The maximum Gasteiger partial charge on any atom is 0.123 e. The van der Waals surface area contributed by atoms with Gasteiger partial charge in [-0.3, -0.25) is 0 Å². The normalized spacial score (nSPS) is 17.9. The van der Waals surface area contributed by atoms with Crippen LogP contribution in [-0.4, -0.2) is 37.6 Å². The van der Waals surface area contributed by atoms with E-state index < -0.39 is 0 Å². The van der Waals surface area contributed by atoms with E-state index in [1.54, 1.807) is 12.1 Å². The van der Waals surface area contributed by atoms with Crippen molar-refractivity contribution in [2.24, 2.45) is 0 Å². The van der Waals surface area contributed by atoms with Crippen LogP contribution in [0.25, 0.3) is 0 Å². The maximum absolute atomic E-state index is 12.7. The van der Waals surface area contributed by atoms with Crippen molar-refractivity contribution in [3.05, 3.63) is 35.6 Å². The number of benzene rings is 1. The van der Waals surface area contributed by atoms with Gasteiger partial charge in [0.05, 0.1) is 0 Å². The zero-order valence-electron chi connectivity index (χ0n) is 10.3. The quantitative estimate of drug-likeness (QED) is 0.861. The molecule has 0 saturated carbocycles. The average Bonchev–Trinajstić information content (AvgIpc) is 2.60.